The van der Waals surface area contributed by atoms with Crippen molar-refractivity contribution >= 4 is 30.5 Å². The fraction of sp³-hybridized carbons (Fsp3) is 0.588. The van der Waals surface area contributed by atoms with E-state index in [0.717, 1.165) is 29.8 Å². The largest absolute Gasteiger partial charge is 0.333 e. The molecule has 0 amide bonds. The Morgan fingerprint density at radius 2 is 2.18 bits per heavy atom. The summed E-state index contributed by atoms with van der Waals surface area (Å²) in [5, 5.41) is 0.833. The molecule has 0 aromatic carbocycles. The van der Waals surface area contributed by atoms with Crippen LogP contribution >= 0.6 is 11.8 Å². The smallest absolute Gasteiger partial charge is 0.130 e. The maximum Gasteiger partial charge on any atom is 0.130 e. The van der Waals surface area contributed by atoms with Crippen molar-refractivity contribution in [3.8, 4) is 0 Å². The fourth-order valence-corrected chi connectivity index (χ4v) is 3.38. The van der Waals surface area contributed by atoms with Gasteiger partial charge in [0.25, 0.3) is 0 Å². The Bertz CT molecular complexity index is 523. The molecule has 1 aliphatic rings. The number of aromatic nitrogens is 1. The first kappa shape index (κ1) is 18.8. The van der Waals surface area contributed by atoms with Gasteiger partial charge in [-0.05, 0) is 56.0 Å². The number of aldehydes is 1. The molecule has 0 spiro atoms. The number of fused-ring (bicyclic) bond motifs is 1. The Morgan fingerprint density at radius 3 is 2.73 bits per heavy atom. The lowest BCUT2D eigenvalue weighted by Gasteiger charge is -2.34. The molecule has 0 saturated heterocycles. The van der Waals surface area contributed by atoms with Gasteiger partial charge in [0, 0.05) is 5.69 Å². The quantitative estimate of drug-likeness (QED) is 0.524. The Hall–Kier alpha value is -1.20. The van der Waals surface area contributed by atoms with Crippen molar-refractivity contribution in [2.75, 3.05) is 12.8 Å². The molecule has 1 aliphatic carbocycles. The zero-order chi connectivity index (χ0) is 16.8. The number of rotatable bonds is 4. The zero-order valence-corrected chi connectivity index (χ0v) is 14.9. The Balaban J connectivity index is 0.00000116. The highest BCUT2D eigenvalue weighted by Crippen LogP contribution is 2.39. The average molecular weight is 321 g/mol. The lowest BCUT2D eigenvalue weighted by atomic mass is 9.71. The molecule has 122 valence electrons. The van der Waals surface area contributed by atoms with E-state index in [2.05, 4.69) is 44.3 Å². The molecule has 2 N–H and O–H groups in total. The first-order valence-electron chi connectivity index (χ1n) is 7.59. The molecule has 0 fully saturated rings. The molecule has 1 heterocycles. The van der Waals surface area contributed by atoms with Crippen LogP contribution < -0.4 is 5.73 Å². The van der Waals surface area contributed by atoms with Crippen LogP contribution in [0.15, 0.2) is 16.1 Å². The normalized spacial score (nSPS) is 17.0. The molecule has 1 aromatic heterocycles. The standard InChI is InChI=1S/C16H22N2OS.CH5N/c1-16(2,3)12-5-6-13-11(9-12)10-14(17-4)15(18-13)20-8-7-19;1-2/h7,10,12H,4-6,8-9H2,1-3H3;2H2,1H3. The first-order valence-corrected chi connectivity index (χ1v) is 8.58. The van der Waals surface area contributed by atoms with Crippen molar-refractivity contribution in [3.05, 3.63) is 17.3 Å². The molecule has 0 saturated carbocycles. The SMILES string of the molecule is C=Nc1cc2c(nc1SCC=O)CCC(C(C)(C)C)C2.CN. The lowest BCUT2D eigenvalue weighted by molar-refractivity contribution is -0.105. The summed E-state index contributed by atoms with van der Waals surface area (Å²) in [6, 6.07) is 2.11. The van der Waals surface area contributed by atoms with Crippen molar-refractivity contribution in [1.82, 2.24) is 4.98 Å². The van der Waals surface area contributed by atoms with E-state index < -0.39 is 0 Å². The van der Waals surface area contributed by atoms with E-state index in [4.69, 9.17) is 4.98 Å². The topological polar surface area (TPSA) is 68.3 Å². The van der Waals surface area contributed by atoms with Gasteiger partial charge in [0.15, 0.2) is 0 Å². The molecule has 2 rings (SSSR count). The van der Waals surface area contributed by atoms with Crippen molar-refractivity contribution in [3.63, 3.8) is 0 Å². The van der Waals surface area contributed by atoms with E-state index in [9.17, 15) is 4.79 Å². The third kappa shape index (κ3) is 4.65. The van der Waals surface area contributed by atoms with Crippen LogP contribution in [-0.2, 0) is 17.6 Å². The van der Waals surface area contributed by atoms with E-state index in [1.54, 1.807) is 0 Å². The minimum Gasteiger partial charge on any atom is -0.333 e. The number of pyridine rings is 1. The van der Waals surface area contributed by atoms with E-state index >= 15 is 0 Å². The second-order valence-electron chi connectivity index (χ2n) is 6.36. The van der Waals surface area contributed by atoms with Crippen molar-refractivity contribution < 1.29 is 4.79 Å². The summed E-state index contributed by atoms with van der Waals surface area (Å²) < 4.78 is 0. The molecular formula is C17H27N3OS. The van der Waals surface area contributed by atoms with Crippen molar-refractivity contribution in [2.45, 2.75) is 45.1 Å². The summed E-state index contributed by atoms with van der Waals surface area (Å²) in [5.74, 6) is 1.10. The van der Waals surface area contributed by atoms with E-state index in [1.165, 1.54) is 36.5 Å². The summed E-state index contributed by atoms with van der Waals surface area (Å²) in [6.07, 6.45) is 4.16. The maximum atomic E-state index is 10.5. The minimum absolute atomic E-state index is 0.324. The molecule has 0 bridgehead atoms. The lowest BCUT2D eigenvalue weighted by Crippen LogP contribution is -2.27. The second-order valence-corrected chi connectivity index (χ2v) is 7.37. The number of carbonyl (C=O) groups is 1. The highest BCUT2D eigenvalue weighted by atomic mass is 32.2. The Morgan fingerprint density at radius 1 is 1.50 bits per heavy atom. The number of aliphatic imine (C=N–C) groups is 1. The number of nitrogens with two attached hydrogens (primary N) is 1. The minimum atomic E-state index is 0.324. The van der Waals surface area contributed by atoms with Crippen LogP contribution in [0, 0.1) is 11.3 Å². The predicted molar refractivity (Wildman–Crippen MR) is 95.3 cm³/mol. The van der Waals surface area contributed by atoms with Crippen LogP contribution in [0.25, 0.3) is 0 Å². The van der Waals surface area contributed by atoms with Gasteiger partial charge >= 0.3 is 0 Å². The molecule has 1 aromatic rings. The van der Waals surface area contributed by atoms with E-state index in [1.807, 2.05) is 0 Å². The Kier molecular flexibility index (Phi) is 7.23. The van der Waals surface area contributed by atoms with Gasteiger partial charge in [-0.15, -0.1) is 0 Å². The van der Waals surface area contributed by atoms with Gasteiger partial charge in [0.1, 0.15) is 11.3 Å². The molecule has 5 heteroatoms. The van der Waals surface area contributed by atoms with Gasteiger partial charge in [-0.25, -0.2) is 4.98 Å². The monoisotopic (exact) mass is 321 g/mol. The highest BCUT2D eigenvalue weighted by Gasteiger charge is 2.29. The van der Waals surface area contributed by atoms with Crippen molar-refractivity contribution in [1.29, 1.82) is 0 Å². The summed E-state index contributed by atoms with van der Waals surface area (Å²) in [7, 11) is 1.50. The van der Waals surface area contributed by atoms with Crippen LogP contribution in [0.2, 0.25) is 0 Å². The van der Waals surface area contributed by atoms with Gasteiger partial charge in [0.2, 0.25) is 0 Å². The molecule has 4 nitrogen and oxygen atoms in total. The van der Waals surface area contributed by atoms with Crippen molar-refractivity contribution in [2.24, 2.45) is 22.1 Å². The third-order valence-electron chi connectivity index (χ3n) is 4.02. The fourth-order valence-electron chi connectivity index (χ4n) is 2.71. The number of hydrogen-bond donors (Lipinski definition) is 1. The maximum absolute atomic E-state index is 10.5. The second kappa shape index (κ2) is 8.44. The number of nitrogens with zero attached hydrogens (tertiary/aromatic N) is 2. The Labute approximate surface area is 138 Å². The van der Waals surface area contributed by atoms with Crippen LogP contribution in [-0.4, -0.2) is 30.8 Å². The predicted octanol–water partition coefficient (Wildman–Crippen LogP) is 3.43. The molecule has 22 heavy (non-hydrogen) atoms. The van der Waals surface area contributed by atoms with Crippen LogP contribution in [0.3, 0.4) is 0 Å². The van der Waals surface area contributed by atoms with Gasteiger partial charge in [-0.3, -0.25) is 4.99 Å². The van der Waals surface area contributed by atoms with Gasteiger partial charge < -0.3 is 10.5 Å². The van der Waals surface area contributed by atoms with E-state index in [-0.39, 0.29) is 0 Å². The highest BCUT2D eigenvalue weighted by molar-refractivity contribution is 7.99. The number of carbonyl (C=O) groups excluding carboxylic acids is 1. The number of thioether (sulfide) groups is 1. The van der Waals surface area contributed by atoms with Gasteiger partial charge in [0.05, 0.1) is 11.4 Å². The number of hydrogen-bond acceptors (Lipinski definition) is 5. The first-order chi connectivity index (χ1) is 10.5. The molecule has 1 unspecified atom stereocenters. The molecular weight excluding hydrogens is 294 g/mol. The van der Waals surface area contributed by atoms with Crippen LogP contribution in [0.5, 0.6) is 0 Å². The zero-order valence-electron chi connectivity index (χ0n) is 14.1. The summed E-state index contributed by atoms with van der Waals surface area (Å²) >= 11 is 1.44. The summed E-state index contributed by atoms with van der Waals surface area (Å²) in [5.41, 5.74) is 8.11. The number of aryl methyl sites for hydroxylation is 1. The average Bonchev–Trinajstić information content (AvgIpc) is 2.52. The molecule has 1 atom stereocenters. The van der Waals surface area contributed by atoms with Crippen LogP contribution in [0.4, 0.5) is 5.69 Å². The van der Waals surface area contributed by atoms with Gasteiger partial charge in [-0.2, -0.15) is 0 Å². The van der Waals surface area contributed by atoms with E-state index in [0.29, 0.717) is 17.1 Å². The summed E-state index contributed by atoms with van der Waals surface area (Å²) in [4.78, 5) is 19.3. The van der Waals surface area contributed by atoms with Crippen LogP contribution in [0.1, 0.15) is 38.4 Å². The summed E-state index contributed by atoms with van der Waals surface area (Å²) in [6.45, 7) is 10.5. The molecule has 0 radical (unpaired) electrons. The third-order valence-corrected chi connectivity index (χ3v) is 4.89. The van der Waals surface area contributed by atoms with Gasteiger partial charge in [-0.1, -0.05) is 32.5 Å². The molecule has 0 aliphatic heterocycles.